The van der Waals surface area contributed by atoms with Gasteiger partial charge in [0.2, 0.25) is 0 Å². The van der Waals surface area contributed by atoms with E-state index in [0.29, 0.717) is 6.04 Å². The summed E-state index contributed by atoms with van der Waals surface area (Å²) in [7, 11) is 0. The van der Waals surface area contributed by atoms with Crippen molar-refractivity contribution in [2.75, 3.05) is 31.1 Å². The minimum absolute atomic E-state index is 0.534. The first-order valence-electron chi connectivity index (χ1n) is 7.89. The molecule has 1 N–H and O–H groups in total. The highest BCUT2D eigenvalue weighted by Crippen LogP contribution is 2.28. The Kier molecular flexibility index (Phi) is 4.58. The van der Waals surface area contributed by atoms with E-state index < -0.39 is 0 Å². The van der Waals surface area contributed by atoms with Gasteiger partial charge in [0.05, 0.1) is 0 Å². The average Bonchev–Trinajstić information content (AvgIpc) is 3.15. The number of hydrogen-bond donors (Lipinski definition) is 1. The molecule has 2 aliphatic heterocycles. The zero-order chi connectivity index (χ0) is 13.9. The lowest BCUT2D eigenvalue weighted by Crippen LogP contribution is -2.35. The quantitative estimate of drug-likeness (QED) is 0.903. The van der Waals surface area contributed by atoms with Crippen molar-refractivity contribution >= 4 is 16.5 Å². The lowest BCUT2D eigenvalue weighted by Gasteiger charge is -2.23. The molecule has 0 radical (unpaired) electrons. The summed E-state index contributed by atoms with van der Waals surface area (Å²) in [5, 5.41) is 4.68. The number of anilines is 1. The van der Waals surface area contributed by atoms with Crippen LogP contribution in [0.1, 0.15) is 38.0 Å². The number of nitrogens with zero attached hydrogens (tertiary/aromatic N) is 3. The second-order valence-electron chi connectivity index (χ2n) is 6.28. The van der Waals surface area contributed by atoms with Crippen LogP contribution in [0.2, 0.25) is 0 Å². The van der Waals surface area contributed by atoms with Crippen LogP contribution in [0.3, 0.4) is 0 Å². The lowest BCUT2D eigenvalue weighted by molar-refractivity contribution is 0.260. The van der Waals surface area contributed by atoms with Crippen LogP contribution >= 0.6 is 11.3 Å². The van der Waals surface area contributed by atoms with Gasteiger partial charge in [0, 0.05) is 42.8 Å². The Hall–Kier alpha value is -0.650. The Morgan fingerprint density at radius 2 is 2.15 bits per heavy atom. The summed E-state index contributed by atoms with van der Waals surface area (Å²) in [4.78, 5) is 11.1. The normalized spacial score (nSPS) is 24.1. The number of nitrogens with one attached hydrogen (secondary N) is 1. The number of rotatable bonds is 5. The molecule has 4 nitrogen and oxygen atoms in total. The van der Waals surface area contributed by atoms with Gasteiger partial charge < -0.3 is 10.2 Å². The van der Waals surface area contributed by atoms with E-state index in [-0.39, 0.29) is 0 Å². The van der Waals surface area contributed by atoms with Gasteiger partial charge in [-0.05, 0) is 32.4 Å². The Morgan fingerprint density at radius 3 is 2.90 bits per heavy atom. The first-order chi connectivity index (χ1) is 9.72. The molecule has 2 aliphatic rings. The van der Waals surface area contributed by atoms with Crippen LogP contribution in [0, 0.1) is 0 Å². The smallest absolute Gasteiger partial charge is 0.185 e. The Balaban J connectivity index is 1.54. The second-order valence-corrected chi connectivity index (χ2v) is 7.37. The summed E-state index contributed by atoms with van der Waals surface area (Å²) in [5.74, 6) is 0. The van der Waals surface area contributed by atoms with Crippen molar-refractivity contribution in [3.8, 4) is 0 Å². The van der Waals surface area contributed by atoms with Crippen molar-refractivity contribution in [3.05, 3.63) is 11.1 Å². The number of thiazole rings is 1. The lowest BCUT2D eigenvalue weighted by atomic mass is 10.2. The summed E-state index contributed by atoms with van der Waals surface area (Å²) in [6, 6.07) is 1.30. The third-order valence-corrected chi connectivity index (χ3v) is 5.37. The second kappa shape index (κ2) is 6.41. The molecule has 0 spiro atoms. The van der Waals surface area contributed by atoms with E-state index >= 15 is 0 Å². The first-order valence-corrected chi connectivity index (χ1v) is 8.71. The van der Waals surface area contributed by atoms with E-state index in [2.05, 4.69) is 33.9 Å². The van der Waals surface area contributed by atoms with E-state index in [0.717, 1.165) is 12.6 Å². The monoisotopic (exact) mass is 294 g/mol. The van der Waals surface area contributed by atoms with Gasteiger partial charge in [0.15, 0.2) is 5.13 Å². The number of aromatic nitrogens is 1. The van der Waals surface area contributed by atoms with Gasteiger partial charge in [-0.25, -0.2) is 4.98 Å². The van der Waals surface area contributed by atoms with Gasteiger partial charge in [-0.2, -0.15) is 0 Å². The van der Waals surface area contributed by atoms with Crippen molar-refractivity contribution in [1.82, 2.24) is 15.2 Å². The molecule has 3 rings (SSSR count). The molecule has 112 valence electrons. The predicted octanol–water partition coefficient (Wildman–Crippen LogP) is 2.32. The van der Waals surface area contributed by atoms with Crippen LogP contribution in [0.5, 0.6) is 0 Å². The van der Waals surface area contributed by atoms with Gasteiger partial charge in [-0.3, -0.25) is 4.90 Å². The van der Waals surface area contributed by atoms with Crippen LogP contribution in [0.25, 0.3) is 0 Å². The standard InChI is InChI=1S/C15H26N4S/c1-12(2)16-9-14-10-17-15(20-14)19-8-5-13(11-19)18-6-3-4-7-18/h10,12-13,16H,3-9,11H2,1-2H3. The maximum absolute atomic E-state index is 4.62. The summed E-state index contributed by atoms with van der Waals surface area (Å²) in [6.45, 7) is 10.3. The minimum atomic E-state index is 0.534. The molecule has 1 atom stereocenters. The molecule has 1 aromatic heterocycles. The molecular weight excluding hydrogens is 268 g/mol. The molecule has 20 heavy (non-hydrogen) atoms. The van der Waals surface area contributed by atoms with E-state index in [1.165, 1.54) is 55.5 Å². The highest BCUT2D eigenvalue weighted by atomic mass is 32.1. The maximum atomic E-state index is 4.62. The van der Waals surface area contributed by atoms with Crippen LogP contribution < -0.4 is 10.2 Å². The molecule has 5 heteroatoms. The summed E-state index contributed by atoms with van der Waals surface area (Å²) >= 11 is 1.85. The van der Waals surface area contributed by atoms with Crippen LogP contribution in [-0.2, 0) is 6.54 Å². The fourth-order valence-corrected chi connectivity index (χ4v) is 4.05. The molecule has 1 unspecified atom stereocenters. The van der Waals surface area contributed by atoms with Crippen LogP contribution in [0.15, 0.2) is 6.20 Å². The van der Waals surface area contributed by atoms with Crippen molar-refractivity contribution in [2.24, 2.45) is 0 Å². The molecule has 0 amide bonds. The van der Waals surface area contributed by atoms with Crippen molar-refractivity contribution in [1.29, 1.82) is 0 Å². The topological polar surface area (TPSA) is 31.4 Å². The largest absolute Gasteiger partial charge is 0.346 e. The highest BCUT2D eigenvalue weighted by Gasteiger charge is 2.30. The number of hydrogen-bond acceptors (Lipinski definition) is 5. The maximum Gasteiger partial charge on any atom is 0.185 e. The molecule has 0 bridgehead atoms. The highest BCUT2D eigenvalue weighted by molar-refractivity contribution is 7.15. The van der Waals surface area contributed by atoms with E-state index in [1.54, 1.807) is 0 Å². The molecule has 2 saturated heterocycles. The van der Waals surface area contributed by atoms with Crippen molar-refractivity contribution in [3.63, 3.8) is 0 Å². The van der Waals surface area contributed by atoms with Gasteiger partial charge in [-0.1, -0.05) is 13.8 Å². The zero-order valence-electron chi connectivity index (χ0n) is 12.6. The van der Waals surface area contributed by atoms with Crippen LogP contribution in [0.4, 0.5) is 5.13 Å². The van der Waals surface area contributed by atoms with E-state index in [1.807, 2.05) is 17.5 Å². The molecule has 0 saturated carbocycles. The fraction of sp³-hybridized carbons (Fsp3) is 0.800. The minimum Gasteiger partial charge on any atom is -0.346 e. The Labute approximate surface area is 126 Å². The Morgan fingerprint density at radius 1 is 1.35 bits per heavy atom. The average molecular weight is 294 g/mol. The molecular formula is C15H26N4S. The SMILES string of the molecule is CC(C)NCc1cnc(N2CCC(N3CCCC3)C2)s1. The van der Waals surface area contributed by atoms with Gasteiger partial charge in [0.1, 0.15) is 0 Å². The first kappa shape index (κ1) is 14.3. The number of likely N-dealkylation sites (tertiary alicyclic amines) is 1. The Bertz CT molecular complexity index is 425. The van der Waals surface area contributed by atoms with Crippen molar-refractivity contribution in [2.45, 2.75) is 51.7 Å². The van der Waals surface area contributed by atoms with Gasteiger partial charge in [0.25, 0.3) is 0 Å². The molecule has 0 aromatic carbocycles. The molecule has 1 aromatic rings. The summed E-state index contributed by atoms with van der Waals surface area (Å²) in [6.07, 6.45) is 6.12. The fourth-order valence-electron chi connectivity index (χ4n) is 3.15. The molecule has 0 aliphatic carbocycles. The predicted molar refractivity (Wildman–Crippen MR) is 85.5 cm³/mol. The van der Waals surface area contributed by atoms with Gasteiger partial charge >= 0.3 is 0 Å². The van der Waals surface area contributed by atoms with Gasteiger partial charge in [-0.15, -0.1) is 11.3 Å². The zero-order valence-corrected chi connectivity index (χ0v) is 13.5. The van der Waals surface area contributed by atoms with E-state index in [9.17, 15) is 0 Å². The van der Waals surface area contributed by atoms with Crippen LogP contribution in [-0.4, -0.2) is 48.1 Å². The summed E-state index contributed by atoms with van der Waals surface area (Å²) in [5.41, 5.74) is 0. The molecule has 2 fully saturated rings. The summed E-state index contributed by atoms with van der Waals surface area (Å²) < 4.78 is 0. The third kappa shape index (κ3) is 3.32. The molecule has 3 heterocycles. The van der Waals surface area contributed by atoms with E-state index in [4.69, 9.17) is 0 Å². The third-order valence-electron chi connectivity index (χ3n) is 4.32. The van der Waals surface area contributed by atoms with Crippen molar-refractivity contribution < 1.29 is 0 Å².